The lowest BCUT2D eigenvalue weighted by Crippen LogP contribution is -2.26. The molecule has 0 bridgehead atoms. The first-order valence-corrected chi connectivity index (χ1v) is 6.45. The molecule has 0 aliphatic carbocycles. The first-order valence-electron chi connectivity index (χ1n) is 6.45. The van der Waals surface area contributed by atoms with Gasteiger partial charge in [0.25, 0.3) is 0 Å². The number of hydrogen-bond donors (Lipinski definition) is 0. The van der Waals surface area contributed by atoms with Crippen molar-refractivity contribution < 1.29 is 23.5 Å². The van der Waals surface area contributed by atoms with Gasteiger partial charge in [0, 0.05) is 5.57 Å². The summed E-state index contributed by atoms with van der Waals surface area (Å²) in [7, 11) is 0. The fourth-order valence-corrected chi connectivity index (χ4v) is 1.53. The molecule has 0 aromatic heterocycles. The number of rotatable bonds is 4. The first kappa shape index (κ1) is 16.9. The highest BCUT2D eigenvalue weighted by molar-refractivity contribution is 5.94. The zero-order chi connectivity index (χ0) is 16.2. The van der Waals surface area contributed by atoms with Gasteiger partial charge < -0.3 is 9.47 Å². The minimum absolute atomic E-state index is 0.0902. The van der Waals surface area contributed by atoms with Crippen molar-refractivity contribution >= 4 is 11.9 Å². The fourth-order valence-electron chi connectivity index (χ4n) is 1.53. The van der Waals surface area contributed by atoms with E-state index < -0.39 is 23.7 Å². The van der Waals surface area contributed by atoms with Crippen LogP contribution in [0.2, 0.25) is 0 Å². The lowest BCUT2D eigenvalue weighted by Gasteiger charge is -2.23. The van der Waals surface area contributed by atoms with E-state index in [2.05, 4.69) is 6.58 Å². The molecule has 1 aromatic rings. The van der Waals surface area contributed by atoms with Crippen LogP contribution < -0.4 is 0 Å². The normalized spacial score (nSPS) is 12.4. The van der Waals surface area contributed by atoms with Gasteiger partial charge in [-0.3, -0.25) is 4.79 Å². The van der Waals surface area contributed by atoms with Crippen molar-refractivity contribution in [1.29, 1.82) is 0 Å². The predicted molar refractivity (Wildman–Crippen MR) is 76.3 cm³/mol. The van der Waals surface area contributed by atoms with Crippen LogP contribution in [-0.4, -0.2) is 17.5 Å². The standard InChI is InChI=1S/C16H19FO4/c1-10(11(2)18)14(12-6-8-13(17)9-7-12)20-15(19)21-16(3,4)5/h6-9,14H,1H2,2-5H3. The smallest absolute Gasteiger partial charge is 0.429 e. The predicted octanol–water partition coefficient (Wildman–Crippen LogP) is 3.96. The second kappa shape index (κ2) is 6.52. The van der Waals surface area contributed by atoms with Crippen molar-refractivity contribution in [3.8, 4) is 0 Å². The molecule has 0 fully saturated rings. The van der Waals surface area contributed by atoms with Gasteiger partial charge in [0.15, 0.2) is 11.9 Å². The molecule has 1 unspecified atom stereocenters. The van der Waals surface area contributed by atoms with Gasteiger partial charge in [0.1, 0.15) is 11.4 Å². The molecule has 0 heterocycles. The highest BCUT2D eigenvalue weighted by atomic mass is 19.1. The molecular formula is C16H19FO4. The monoisotopic (exact) mass is 294 g/mol. The molecule has 1 rings (SSSR count). The number of hydrogen-bond acceptors (Lipinski definition) is 4. The molecular weight excluding hydrogens is 275 g/mol. The maximum Gasteiger partial charge on any atom is 0.509 e. The molecule has 114 valence electrons. The van der Waals surface area contributed by atoms with Crippen molar-refractivity contribution in [2.24, 2.45) is 0 Å². The Morgan fingerprint density at radius 2 is 1.71 bits per heavy atom. The summed E-state index contributed by atoms with van der Waals surface area (Å²) in [5, 5.41) is 0. The Bertz CT molecular complexity index is 540. The summed E-state index contributed by atoms with van der Waals surface area (Å²) in [6.07, 6.45) is -1.92. The van der Waals surface area contributed by atoms with E-state index >= 15 is 0 Å². The molecule has 0 N–H and O–H groups in total. The van der Waals surface area contributed by atoms with Crippen LogP contribution >= 0.6 is 0 Å². The molecule has 4 nitrogen and oxygen atoms in total. The lowest BCUT2D eigenvalue weighted by atomic mass is 10.0. The van der Waals surface area contributed by atoms with E-state index in [0.29, 0.717) is 5.56 Å². The quantitative estimate of drug-likeness (QED) is 0.623. The molecule has 1 aromatic carbocycles. The summed E-state index contributed by atoms with van der Waals surface area (Å²) in [6.45, 7) is 10.0. The lowest BCUT2D eigenvalue weighted by molar-refractivity contribution is -0.114. The van der Waals surface area contributed by atoms with Gasteiger partial charge in [-0.15, -0.1) is 0 Å². The van der Waals surface area contributed by atoms with Crippen LogP contribution in [0.5, 0.6) is 0 Å². The van der Waals surface area contributed by atoms with E-state index in [0.717, 1.165) is 0 Å². The minimum Gasteiger partial charge on any atom is -0.429 e. The van der Waals surface area contributed by atoms with Crippen molar-refractivity contribution in [2.75, 3.05) is 0 Å². The van der Waals surface area contributed by atoms with Crippen molar-refractivity contribution in [1.82, 2.24) is 0 Å². The summed E-state index contributed by atoms with van der Waals surface area (Å²) in [6, 6.07) is 5.29. The van der Waals surface area contributed by atoms with E-state index in [1.54, 1.807) is 20.8 Å². The van der Waals surface area contributed by atoms with Gasteiger partial charge in [-0.05, 0) is 45.4 Å². The van der Waals surface area contributed by atoms with Crippen LogP contribution in [0, 0.1) is 5.82 Å². The largest absolute Gasteiger partial charge is 0.509 e. The fraction of sp³-hybridized carbons (Fsp3) is 0.375. The van der Waals surface area contributed by atoms with Gasteiger partial charge in [0.05, 0.1) is 0 Å². The number of Topliss-reactive ketones (excluding diaryl/α,β-unsaturated/α-hetero) is 1. The van der Waals surface area contributed by atoms with Crippen molar-refractivity contribution in [2.45, 2.75) is 39.4 Å². The van der Waals surface area contributed by atoms with Crippen LogP contribution in [-0.2, 0) is 14.3 Å². The second-order valence-electron chi connectivity index (χ2n) is 5.60. The number of carbonyl (C=O) groups is 2. The number of halogens is 1. The molecule has 0 saturated heterocycles. The molecule has 0 spiro atoms. The third-order valence-corrected chi connectivity index (χ3v) is 2.55. The number of ether oxygens (including phenoxy) is 2. The zero-order valence-electron chi connectivity index (χ0n) is 12.6. The Balaban J connectivity index is 2.98. The molecule has 21 heavy (non-hydrogen) atoms. The highest BCUT2D eigenvalue weighted by Gasteiger charge is 2.26. The van der Waals surface area contributed by atoms with Gasteiger partial charge in [-0.25, -0.2) is 9.18 Å². The number of ketones is 1. The zero-order valence-corrected chi connectivity index (χ0v) is 12.6. The van der Waals surface area contributed by atoms with Gasteiger partial charge in [-0.2, -0.15) is 0 Å². The summed E-state index contributed by atoms with van der Waals surface area (Å²) in [4.78, 5) is 23.3. The van der Waals surface area contributed by atoms with Crippen LogP contribution in [0.15, 0.2) is 36.4 Å². The molecule has 0 aliphatic heterocycles. The Morgan fingerprint density at radius 1 is 1.19 bits per heavy atom. The molecule has 0 radical (unpaired) electrons. The number of benzene rings is 1. The Hall–Kier alpha value is -2.17. The third kappa shape index (κ3) is 5.38. The molecule has 0 saturated carbocycles. The van der Waals surface area contributed by atoms with Crippen molar-refractivity contribution in [3.63, 3.8) is 0 Å². The topological polar surface area (TPSA) is 52.6 Å². The van der Waals surface area contributed by atoms with E-state index in [4.69, 9.17) is 9.47 Å². The Labute approximate surface area is 123 Å². The molecule has 1 atom stereocenters. The summed E-state index contributed by atoms with van der Waals surface area (Å²) < 4.78 is 23.2. The van der Waals surface area contributed by atoms with Crippen LogP contribution in [0.4, 0.5) is 9.18 Å². The summed E-state index contributed by atoms with van der Waals surface area (Å²) in [5.74, 6) is -0.754. The van der Waals surface area contributed by atoms with E-state index in [1.807, 2.05) is 0 Å². The Morgan fingerprint density at radius 3 is 2.14 bits per heavy atom. The van der Waals surface area contributed by atoms with Crippen LogP contribution in [0.1, 0.15) is 39.4 Å². The second-order valence-corrected chi connectivity index (χ2v) is 5.60. The van der Waals surface area contributed by atoms with Crippen LogP contribution in [0.3, 0.4) is 0 Å². The van der Waals surface area contributed by atoms with Crippen molar-refractivity contribution in [3.05, 3.63) is 47.8 Å². The first-order chi connectivity index (χ1) is 9.60. The van der Waals surface area contributed by atoms with Gasteiger partial charge in [0.2, 0.25) is 0 Å². The molecule has 5 heteroatoms. The maximum atomic E-state index is 13.0. The van der Waals surface area contributed by atoms with Crippen LogP contribution in [0.25, 0.3) is 0 Å². The summed E-state index contributed by atoms with van der Waals surface area (Å²) in [5.41, 5.74) is -0.183. The SMILES string of the molecule is C=C(C(C)=O)C(OC(=O)OC(C)(C)C)c1ccc(F)cc1. The van der Waals surface area contributed by atoms with E-state index in [-0.39, 0.29) is 11.4 Å². The molecule has 0 aliphatic rings. The minimum atomic E-state index is -1.00. The average Bonchev–Trinajstić information content (AvgIpc) is 2.34. The number of carbonyl (C=O) groups excluding carboxylic acids is 2. The Kier molecular flexibility index (Phi) is 5.24. The highest BCUT2D eigenvalue weighted by Crippen LogP contribution is 2.27. The van der Waals surface area contributed by atoms with Gasteiger partial charge >= 0.3 is 6.16 Å². The maximum absolute atomic E-state index is 13.0. The summed E-state index contributed by atoms with van der Waals surface area (Å²) >= 11 is 0. The van der Waals surface area contributed by atoms with E-state index in [9.17, 15) is 14.0 Å². The third-order valence-electron chi connectivity index (χ3n) is 2.55. The van der Waals surface area contributed by atoms with E-state index in [1.165, 1.54) is 31.2 Å². The molecule has 0 amide bonds. The average molecular weight is 294 g/mol. The van der Waals surface area contributed by atoms with Gasteiger partial charge in [-0.1, -0.05) is 18.7 Å².